The van der Waals surface area contributed by atoms with Crippen molar-refractivity contribution in [2.24, 2.45) is 0 Å². The third-order valence-electron chi connectivity index (χ3n) is 3.20. The predicted octanol–water partition coefficient (Wildman–Crippen LogP) is 3.22. The van der Waals surface area contributed by atoms with Crippen molar-refractivity contribution in [2.45, 2.75) is 25.7 Å². The maximum absolute atomic E-state index is 9.87. The second-order valence-electron chi connectivity index (χ2n) is 4.32. The highest BCUT2D eigenvalue weighted by atomic mass is 79.9. The summed E-state index contributed by atoms with van der Waals surface area (Å²) in [5.74, 6) is 0.257. The zero-order chi connectivity index (χ0) is 11.8. The molecule has 17 heavy (non-hydrogen) atoms. The molecule has 2 aromatic rings. The van der Waals surface area contributed by atoms with Gasteiger partial charge in [0.05, 0.1) is 5.69 Å². The molecule has 4 heteroatoms. The van der Waals surface area contributed by atoms with Crippen molar-refractivity contribution in [1.29, 1.82) is 0 Å². The normalized spacial score (nSPS) is 14.6. The summed E-state index contributed by atoms with van der Waals surface area (Å²) in [5.41, 5.74) is 3.18. The number of aryl methyl sites for hydroxylation is 1. The maximum atomic E-state index is 9.87. The van der Waals surface area contributed by atoms with E-state index in [1.54, 1.807) is 10.7 Å². The maximum Gasteiger partial charge on any atom is 0.141 e. The molecule has 1 aromatic heterocycles. The number of rotatable bonds is 1. The number of phenols is 1. The Labute approximate surface area is 108 Å². The average Bonchev–Trinajstić information content (AvgIpc) is 2.68. The molecule has 0 aliphatic heterocycles. The van der Waals surface area contributed by atoms with Crippen LogP contribution in [0, 0.1) is 0 Å². The van der Waals surface area contributed by atoms with Crippen LogP contribution in [0.2, 0.25) is 0 Å². The van der Waals surface area contributed by atoms with Crippen molar-refractivity contribution in [2.75, 3.05) is 0 Å². The van der Waals surface area contributed by atoms with Crippen molar-refractivity contribution in [1.82, 2.24) is 9.78 Å². The Hall–Kier alpha value is -1.29. The van der Waals surface area contributed by atoms with Gasteiger partial charge in [-0.05, 0) is 53.7 Å². The number of nitrogens with zero attached hydrogens (tertiary/aromatic N) is 2. The fourth-order valence-electron chi connectivity index (χ4n) is 2.32. The molecule has 0 unspecified atom stereocenters. The number of phenolic OH excluding ortho intramolecular Hbond substituents is 1. The van der Waals surface area contributed by atoms with Gasteiger partial charge in [-0.3, -0.25) is 0 Å². The molecule has 0 radical (unpaired) electrons. The molecule has 1 aromatic carbocycles. The minimum Gasteiger partial charge on any atom is -0.506 e. The Kier molecular flexibility index (Phi) is 2.67. The average molecular weight is 293 g/mol. The smallest absolute Gasteiger partial charge is 0.141 e. The summed E-state index contributed by atoms with van der Waals surface area (Å²) >= 11 is 3.60. The van der Waals surface area contributed by atoms with Gasteiger partial charge in [-0.2, -0.15) is 5.10 Å². The number of fused-ring (bicyclic) bond motifs is 1. The molecule has 0 atom stereocenters. The first-order valence-corrected chi connectivity index (χ1v) is 6.61. The third kappa shape index (κ3) is 1.76. The first-order chi connectivity index (χ1) is 8.27. The van der Waals surface area contributed by atoms with E-state index in [9.17, 15) is 5.11 Å². The molecule has 1 heterocycles. The van der Waals surface area contributed by atoms with E-state index in [4.69, 9.17) is 0 Å². The minimum absolute atomic E-state index is 0.257. The van der Waals surface area contributed by atoms with Gasteiger partial charge in [-0.1, -0.05) is 12.1 Å². The molecule has 0 bridgehead atoms. The van der Waals surface area contributed by atoms with Crippen LogP contribution in [0.1, 0.15) is 24.1 Å². The molecule has 0 fully saturated rings. The first-order valence-electron chi connectivity index (χ1n) is 5.82. The number of benzene rings is 1. The van der Waals surface area contributed by atoms with E-state index in [-0.39, 0.29) is 5.75 Å². The monoisotopic (exact) mass is 292 g/mol. The summed E-state index contributed by atoms with van der Waals surface area (Å²) in [5, 5.41) is 14.5. The Morgan fingerprint density at radius 2 is 1.94 bits per heavy atom. The van der Waals surface area contributed by atoms with Gasteiger partial charge in [0.1, 0.15) is 16.0 Å². The quantitative estimate of drug-likeness (QED) is 0.876. The van der Waals surface area contributed by atoms with E-state index in [0.717, 1.165) is 28.8 Å². The zero-order valence-corrected chi connectivity index (χ0v) is 10.9. The highest BCUT2D eigenvalue weighted by Gasteiger charge is 2.20. The third-order valence-corrected chi connectivity index (χ3v) is 4.02. The van der Waals surface area contributed by atoms with E-state index < -0.39 is 0 Å². The molecular weight excluding hydrogens is 280 g/mol. The van der Waals surface area contributed by atoms with E-state index in [1.807, 2.05) is 18.2 Å². The molecule has 0 amide bonds. The molecule has 3 nitrogen and oxygen atoms in total. The molecule has 1 aliphatic rings. The minimum atomic E-state index is 0.257. The Morgan fingerprint density at radius 3 is 2.71 bits per heavy atom. The van der Waals surface area contributed by atoms with Crippen LogP contribution in [0.25, 0.3) is 5.69 Å². The Bertz CT molecular complexity index is 563. The van der Waals surface area contributed by atoms with Crippen LogP contribution in [-0.4, -0.2) is 14.9 Å². The summed E-state index contributed by atoms with van der Waals surface area (Å²) in [6.07, 6.45) is 4.54. The lowest BCUT2D eigenvalue weighted by Gasteiger charge is -2.08. The van der Waals surface area contributed by atoms with E-state index in [0.29, 0.717) is 0 Å². The lowest BCUT2D eigenvalue weighted by Crippen LogP contribution is -2.00. The fourth-order valence-corrected chi connectivity index (χ4v) is 3.01. The highest BCUT2D eigenvalue weighted by molar-refractivity contribution is 9.10. The van der Waals surface area contributed by atoms with Crippen molar-refractivity contribution in [3.05, 3.63) is 40.1 Å². The molecule has 0 saturated carbocycles. The van der Waals surface area contributed by atoms with Gasteiger partial charge < -0.3 is 5.11 Å². The first kappa shape index (κ1) is 10.8. The number of hydrogen-bond donors (Lipinski definition) is 1. The Morgan fingerprint density at radius 1 is 1.18 bits per heavy atom. The summed E-state index contributed by atoms with van der Waals surface area (Å²) in [7, 11) is 0. The van der Waals surface area contributed by atoms with Crippen LogP contribution < -0.4 is 0 Å². The van der Waals surface area contributed by atoms with Crippen LogP contribution in [0.3, 0.4) is 0 Å². The van der Waals surface area contributed by atoms with Crippen molar-refractivity contribution < 1.29 is 5.11 Å². The fraction of sp³-hybridized carbons (Fsp3) is 0.308. The molecule has 0 saturated heterocycles. The summed E-state index contributed by atoms with van der Waals surface area (Å²) < 4.78 is 2.78. The number of halogens is 1. The number of hydrogen-bond acceptors (Lipinski definition) is 2. The zero-order valence-electron chi connectivity index (χ0n) is 9.36. The van der Waals surface area contributed by atoms with E-state index in [2.05, 4.69) is 21.0 Å². The lowest BCUT2D eigenvalue weighted by molar-refractivity contribution is 0.470. The topological polar surface area (TPSA) is 38.0 Å². The molecule has 1 aliphatic carbocycles. The van der Waals surface area contributed by atoms with Crippen LogP contribution >= 0.6 is 15.9 Å². The van der Waals surface area contributed by atoms with Crippen LogP contribution in [0.4, 0.5) is 0 Å². The molecule has 88 valence electrons. The number of para-hydroxylation sites is 2. The SMILES string of the molecule is Oc1ccccc1-n1nc2c(c1Br)CCCC2. The second kappa shape index (κ2) is 4.18. The van der Waals surface area contributed by atoms with Gasteiger partial charge in [0.15, 0.2) is 0 Å². The summed E-state index contributed by atoms with van der Waals surface area (Å²) in [6, 6.07) is 7.28. The van der Waals surface area contributed by atoms with Gasteiger partial charge in [-0.25, -0.2) is 4.68 Å². The van der Waals surface area contributed by atoms with Gasteiger partial charge in [-0.15, -0.1) is 0 Å². The summed E-state index contributed by atoms with van der Waals surface area (Å²) in [4.78, 5) is 0. The van der Waals surface area contributed by atoms with Crippen molar-refractivity contribution in [3.63, 3.8) is 0 Å². The molecule has 1 N–H and O–H groups in total. The van der Waals surface area contributed by atoms with Crippen LogP contribution in [0.5, 0.6) is 5.75 Å². The van der Waals surface area contributed by atoms with Crippen LogP contribution in [0.15, 0.2) is 28.9 Å². The second-order valence-corrected chi connectivity index (χ2v) is 5.07. The van der Waals surface area contributed by atoms with Gasteiger partial charge >= 0.3 is 0 Å². The van der Waals surface area contributed by atoms with Crippen molar-refractivity contribution >= 4 is 15.9 Å². The van der Waals surface area contributed by atoms with Gasteiger partial charge in [0.2, 0.25) is 0 Å². The van der Waals surface area contributed by atoms with E-state index >= 15 is 0 Å². The largest absolute Gasteiger partial charge is 0.506 e. The molecule has 3 rings (SSSR count). The Balaban J connectivity index is 2.16. The van der Waals surface area contributed by atoms with Crippen LogP contribution in [-0.2, 0) is 12.8 Å². The number of aromatic hydroxyl groups is 1. The van der Waals surface area contributed by atoms with E-state index in [1.165, 1.54) is 18.4 Å². The standard InChI is InChI=1S/C13H13BrN2O/c14-13-9-5-1-2-6-10(9)15-16(13)11-7-3-4-8-12(11)17/h3-4,7-8,17H,1-2,5-6H2. The highest BCUT2D eigenvalue weighted by Crippen LogP contribution is 2.32. The molecular formula is C13H13BrN2O. The van der Waals surface area contributed by atoms with Gasteiger partial charge in [0.25, 0.3) is 0 Å². The predicted molar refractivity (Wildman–Crippen MR) is 69.6 cm³/mol. The summed E-state index contributed by atoms with van der Waals surface area (Å²) in [6.45, 7) is 0. The van der Waals surface area contributed by atoms with Gasteiger partial charge in [0, 0.05) is 5.56 Å². The van der Waals surface area contributed by atoms with Crippen molar-refractivity contribution in [3.8, 4) is 11.4 Å². The molecule has 0 spiro atoms. The lowest BCUT2D eigenvalue weighted by atomic mass is 9.99. The number of aromatic nitrogens is 2.